The number of hydrogen-bond acceptors (Lipinski definition) is 2. The lowest BCUT2D eigenvalue weighted by atomic mass is 10.1. The number of carbonyl (C=O) groups is 1. The molecule has 0 aliphatic rings. The Morgan fingerprint density at radius 1 is 0.487 bits per heavy atom. The molecule has 16 heteroatoms. The number of benzene rings is 3. The van der Waals surface area contributed by atoms with E-state index in [2.05, 4.69) is 5.32 Å². The Kier molecular flexibility index (Phi) is 7.72. The zero-order valence-corrected chi connectivity index (χ0v) is 18.6. The van der Waals surface area contributed by atoms with E-state index < -0.39 is 64.4 Å². The maximum atomic E-state index is 13.0. The molecule has 0 saturated heterocycles. The number of anilines is 2. The first-order valence-corrected chi connectivity index (χ1v) is 10.2. The van der Waals surface area contributed by atoms with E-state index in [-0.39, 0.29) is 35.7 Å². The number of hydrogen-bond donors (Lipinski definition) is 2. The van der Waals surface area contributed by atoms with Crippen molar-refractivity contribution in [3.8, 4) is 11.5 Å². The minimum absolute atomic E-state index is 0.0967. The molecule has 0 fully saturated rings. The molecule has 39 heavy (non-hydrogen) atoms. The Hall–Kier alpha value is -4.11. The second-order valence-electron chi connectivity index (χ2n) is 7.74. The van der Waals surface area contributed by atoms with Crippen molar-refractivity contribution < 1.29 is 62.2 Å². The Morgan fingerprint density at radius 2 is 0.846 bits per heavy atom. The van der Waals surface area contributed by atoms with Crippen LogP contribution in [0.2, 0.25) is 0 Å². The largest absolute Gasteiger partial charge is 0.457 e. The van der Waals surface area contributed by atoms with Crippen LogP contribution in [0.15, 0.2) is 60.7 Å². The van der Waals surface area contributed by atoms with Gasteiger partial charge < -0.3 is 15.4 Å². The number of urea groups is 1. The fourth-order valence-electron chi connectivity index (χ4n) is 3.05. The monoisotopic (exact) mass is 576 g/mol. The van der Waals surface area contributed by atoms with Gasteiger partial charge in [0, 0.05) is 11.4 Å². The average molecular weight is 576 g/mol. The molecular weight excluding hydrogens is 564 g/mol. The third-order valence-electron chi connectivity index (χ3n) is 4.75. The highest BCUT2D eigenvalue weighted by Gasteiger charge is 2.38. The SMILES string of the molecule is O=C(Nc1ccc(Oc2cc(C(F)(F)F)cc(C(F)(F)F)c2)cc1)Nc1cc(C(F)(F)F)cc(C(F)(F)F)c1. The van der Waals surface area contributed by atoms with Crippen LogP contribution in [0.1, 0.15) is 22.3 Å². The standard InChI is InChI=1S/C23H12F12N2O2/c24-20(25,26)11-5-12(21(27,28)29)8-16(7-11)37-19(38)36-15-1-3-17(4-2-15)39-18-9-13(22(30,31)32)6-14(10-18)23(33,34)35/h1-10H,(H2,36,37,38). The predicted octanol–water partition coefficient (Wildman–Crippen LogP) is 9.20. The van der Waals surface area contributed by atoms with Gasteiger partial charge in [-0.3, -0.25) is 0 Å². The van der Waals surface area contributed by atoms with Crippen LogP contribution in [0.5, 0.6) is 11.5 Å². The van der Waals surface area contributed by atoms with E-state index in [4.69, 9.17) is 4.74 Å². The number of carbonyl (C=O) groups excluding carboxylic acids is 1. The molecule has 0 aromatic heterocycles. The third kappa shape index (κ3) is 7.94. The normalized spacial score (nSPS) is 12.7. The molecule has 0 radical (unpaired) electrons. The Morgan fingerprint density at radius 3 is 1.23 bits per heavy atom. The van der Waals surface area contributed by atoms with Crippen molar-refractivity contribution in [1.29, 1.82) is 0 Å². The highest BCUT2D eigenvalue weighted by atomic mass is 19.4. The lowest BCUT2D eigenvalue weighted by Gasteiger charge is -2.15. The molecule has 4 nitrogen and oxygen atoms in total. The molecule has 0 spiro atoms. The van der Waals surface area contributed by atoms with Crippen molar-refractivity contribution in [2.45, 2.75) is 24.7 Å². The van der Waals surface area contributed by atoms with Crippen LogP contribution in [-0.2, 0) is 24.7 Å². The number of rotatable bonds is 4. The first-order chi connectivity index (χ1) is 17.7. The molecule has 2 N–H and O–H groups in total. The molecule has 2 amide bonds. The van der Waals surface area contributed by atoms with E-state index in [0.29, 0.717) is 12.1 Å². The predicted molar refractivity (Wildman–Crippen MR) is 112 cm³/mol. The first-order valence-electron chi connectivity index (χ1n) is 10.2. The first kappa shape index (κ1) is 29.4. The molecule has 0 saturated carbocycles. The van der Waals surface area contributed by atoms with Crippen LogP contribution in [0, 0.1) is 0 Å². The van der Waals surface area contributed by atoms with Gasteiger partial charge in [0.05, 0.1) is 22.3 Å². The molecule has 0 atom stereocenters. The fourth-order valence-corrected chi connectivity index (χ4v) is 3.05. The van der Waals surface area contributed by atoms with Gasteiger partial charge in [0.15, 0.2) is 0 Å². The molecule has 210 valence electrons. The van der Waals surface area contributed by atoms with Gasteiger partial charge in [-0.1, -0.05) is 0 Å². The van der Waals surface area contributed by atoms with Gasteiger partial charge in [-0.15, -0.1) is 0 Å². The van der Waals surface area contributed by atoms with Gasteiger partial charge in [-0.25, -0.2) is 4.79 Å². The number of amides is 2. The summed E-state index contributed by atoms with van der Waals surface area (Å²) in [6.45, 7) is 0. The van der Waals surface area contributed by atoms with E-state index in [1.807, 2.05) is 5.32 Å². The quantitative estimate of drug-likeness (QED) is 0.305. The summed E-state index contributed by atoms with van der Waals surface area (Å²) in [6, 6.07) is 3.88. The second-order valence-corrected chi connectivity index (χ2v) is 7.74. The van der Waals surface area contributed by atoms with Crippen LogP contribution in [0.25, 0.3) is 0 Å². The molecule has 0 unspecified atom stereocenters. The van der Waals surface area contributed by atoms with Crippen LogP contribution < -0.4 is 15.4 Å². The van der Waals surface area contributed by atoms with Crippen molar-refractivity contribution >= 4 is 17.4 Å². The Labute approximate surface area is 210 Å². The van der Waals surface area contributed by atoms with E-state index in [1.54, 1.807) is 0 Å². The smallest absolute Gasteiger partial charge is 0.416 e. The number of alkyl halides is 12. The summed E-state index contributed by atoms with van der Waals surface area (Å²) in [7, 11) is 0. The minimum atomic E-state index is -5.15. The summed E-state index contributed by atoms with van der Waals surface area (Å²) in [6.07, 6.45) is -20.5. The Bertz CT molecular complexity index is 1280. The van der Waals surface area contributed by atoms with Gasteiger partial charge in [0.25, 0.3) is 0 Å². The van der Waals surface area contributed by atoms with Gasteiger partial charge in [-0.2, -0.15) is 52.7 Å². The maximum Gasteiger partial charge on any atom is 0.416 e. The zero-order chi connectivity index (χ0) is 29.4. The van der Waals surface area contributed by atoms with E-state index in [0.717, 1.165) is 24.3 Å². The summed E-state index contributed by atoms with van der Waals surface area (Å²) in [5.74, 6) is -1.07. The lowest BCUT2D eigenvalue weighted by Crippen LogP contribution is -2.20. The Balaban J connectivity index is 1.76. The van der Waals surface area contributed by atoms with Crippen LogP contribution in [-0.4, -0.2) is 6.03 Å². The van der Waals surface area contributed by atoms with Crippen LogP contribution in [0.3, 0.4) is 0 Å². The van der Waals surface area contributed by atoms with Crippen LogP contribution in [0.4, 0.5) is 68.9 Å². The molecule has 0 heterocycles. The van der Waals surface area contributed by atoms with Crippen molar-refractivity contribution in [2.75, 3.05) is 10.6 Å². The topological polar surface area (TPSA) is 50.4 Å². The highest BCUT2D eigenvalue weighted by molar-refractivity contribution is 5.99. The number of ether oxygens (including phenoxy) is 1. The van der Waals surface area contributed by atoms with Crippen molar-refractivity contribution in [3.63, 3.8) is 0 Å². The van der Waals surface area contributed by atoms with E-state index >= 15 is 0 Å². The summed E-state index contributed by atoms with van der Waals surface area (Å²) in [4.78, 5) is 12.1. The molecular formula is C23H12F12N2O2. The van der Waals surface area contributed by atoms with Crippen molar-refractivity contribution in [2.24, 2.45) is 0 Å². The summed E-state index contributed by atoms with van der Waals surface area (Å²) < 4.78 is 161. The average Bonchev–Trinajstić information content (AvgIpc) is 2.77. The molecule has 3 rings (SSSR count). The highest BCUT2D eigenvalue weighted by Crippen LogP contribution is 2.40. The van der Waals surface area contributed by atoms with Crippen molar-refractivity contribution in [1.82, 2.24) is 0 Å². The van der Waals surface area contributed by atoms with Gasteiger partial charge in [-0.05, 0) is 60.7 Å². The zero-order valence-electron chi connectivity index (χ0n) is 18.6. The molecule has 0 aliphatic heterocycles. The van der Waals surface area contributed by atoms with Crippen molar-refractivity contribution in [3.05, 3.63) is 82.9 Å². The lowest BCUT2D eigenvalue weighted by molar-refractivity contribution is -0.144. The van der Waals surface area contributed by atoms with Crippen LogP contribution >= 0.6 is 0 Å². The van der Waals surface area contributed by atoms with Gasteiger partial charge in [0.2, 0.25) is 0 Å². The summed E-state index contributed by atoms with van der Waals surface area (Å²) in [5, 5.41) is 3.91. The number of halogens is 12. The van der Waals surface area contributed by atoms with E-state index in [1.165, 1.54) is 0 Å². The fraction of sp³-hybridized carbons (Fsp3) is 0.174. The summed E-state index contributed by atoms with van der Waals surface area (Å²) in [5.41, 5.74) is -7.52. The maximum absolute atomic E-state index is 13.0. The van der Waals surface area contributed by atoms with E-state index in [9.17, 15) is 57.5 Å². The molecule has 3 aromatic rings. The molecule has 3 aromatic carbocycles. The number of nitrogens with one attached hydrogen (secondary N) is 2. The molecule has 0 bridgehead atoms. The summed E-state index contributed by atoms with van der Waals surface area (Å²) >= 11 is 0. The minimum Gasteiger partial charge on any atom is -0.457 e. The molecule has 0 aliphatic carbocycles. The second kappa shape index (κ2) is 10.2. The third-order valence-corrected chi connectivity index (χ3v) is 4.75. The van der Waals surface area contributed by atoms with Gasteiger partial charge in [0.1, 0.15) is 11.5 Å². The van der Waals surface area contributed by atoms with Gasteiger partial charge >= 0.3 is 30.7 Å².